The highest BCUT2D eigenvalue weighted by Crippen LogP contribution is 2.23. The van der Waals surface area contributed by atoms with Crippen LogP contribution in [-0.4, -0.2) is 20.3 Å². The van der Waals surface area contributed by atoms with E-state index >= 15 is 0 Å². The van der Waals surface area contributed by atoms with E-state index in [4.69, 9.17) is 16.0 Å². The van der Waals surface area contributed by atoms with Gasteiger partial charge >= 0.3 is 5.76 Å². The summed E-state index contributed by atoms with van der Waals surface area (Å²) in [5, 5.41) is 7.93. The minimum atomic E-state index is -0.515. The normalized spacial score (nSPS) is 11.1. The van der Waals surface area contributed by atoms with Gasteiger partial charge in [0.25, 0.3) is 0 Å². The van der Waals surface area contributed by atoms with E-state index in [0.717, 1.165) is 17.1 Å². The second kappa shape index (κ2) is 7.60. The lowest BCUT2D eigenvalue weighted by atomic mass is 10.2. The Morgan fingerprint density at radius 2 is 1.93 bits per heavy atom. The van der Waals surface area contributed by atoms with Crippen LogP contribution in [0, 0.1) is 13.8 Å². The van der Waals surface area contributed by atoms with E-state index in [1.807, 2.05) is 44.2 Å². The van der Waals surface area contributed by atoms with Crippen molar-refractivity contribution in [3.05, 3.63) is 75.5 Å². The first kappa shape index (κ1) is 19.0. The molecule has 0 radical (unpaired) electrons. The largest absolute Gasteiger partial charge is 0.419 e. The molecule has 29 heavy (non-hydrogen) atoms. The average Bonchev–Trinajstić information content (AvgIpc) is 3.16. The van der Waals surface area contributed by atoms with Gasteiger partial charge < -0.3 is 9.73 Å². The summed E-state index contributed by atoms with van der Waals surface area (Å²) in [6.07, 6.45) is 0.118. The maximum absolute atomic E-state index is 12.5. The maximum atomic E-state index is 12.5. The Kier molecular flexibility index (Phi) is 4.98. The van der Waals surface area contributed by atoms with Gasteiger partial charge in [0.1, 0.15) is 0 Å². The smallest absolute Gasteiger partial charge is 0.408 e. The average molecular weight is 411 g/mol. The minimum Gasteiger partial charge on any atom is -0.408 e. The fraction of sp³-hybridized carbons (Fsp3) is 0.190. The van der Waals surface area contributed by atoms with Gasteiger partial charge in [-0.2, -0.15) is 5.10 Å². The standard InChI is InChI=1S/C21H19ClN4O3/c1-13-20(14(2)26(24-13)16-6-4-3-5-7-16)23-19(27)10-11-25-17-9-8-15(22)12-18(17)29-21(25)28/h3-9,12H,10-11H2,1-2H3,(H,23,27). The first-order valence-electron chi connectivity index (χ1n) is 9.14. The molecule has 2 aromatic heterocycles. The Bertz CT molecular complexity index is 1250. The first-order valence-corrected chi connectivity index (χ1v) is 9.52. The number of amides is 1. The molecule has 0 aliphatic heterocycles. The van der Waals surface area contributed by atoms with Crippen molar-refractivity contribution in [1.82, 2.24) is 14.3 Å². The molecule has 0 aliphatic rings. The van der Waals surface area contributed by atoms with Crippen LogP contribution in [0.3, 0.4) is 0 Å². The van der Waals surface area contributed by atoms with E-state index in [1.54, 1.807) is 22.9 Å². The third-order valence-electron chi connectivity index (χ3n) is 4.75. The predicted octanol–water partition coefficient (Wildman–Crippen LogP) is 4.08. The number of aromatic nitrogens is 3. The summed E-state index contributed by atoms with van der Waals surface area (Å²) in [4.78, 5) is 24.6. The van der Waals surface area contributed by atoms with Crippen molar-refractivity contribution < 1.29 is 9.21 Å². The van der Waals surface area contributed by atoms with Gasteiger partial charge in [0.05, 0.1) is 28.3 Å². The second-order valence-corrected chi connectivity index (χ2v) is 7.16. The molecular formula is C21H19ClN4O3. The molecule has 1 amide bonds. The molecule has 0 spiro atoms. The van der Waals surface area contributed by atoms with Crippen LogP contribution in [0.25, 0.3) is 16.8 Å². The molecule has 4 aromatic rings. The summed E-state index contributed by atoms with van der Waals surface area (Å²) in [6.45, 7) is 3.95. The number of nitrogens with one attached hydrogen (secondary N) is 1. The van der Waals surface area contributed by atoms with Crippen LogP contribution < -0.4 is 11.1 Å². The van der Waals surface area contributed by atoms with Crippen LogP contribution >= 0.6 is 11.6 Å². The molecule has 7 nitrogen and oxygen atoms in total. The van der Waals surface area contributed by atoms with E-state index in [0.29, 0.717) is 21.8 Å². The number of fused-ring (bicyclic) bond motifs is 1. The summed E-state index contributed by atoms with van der Waals surface area (Å²) in [5.74, 6) is -0.724. The Hall–Kier alpha value is -3.32. The predicted molar refractivity (Wildman–Crippen MR) is 112 cm³/mol. The number of benzene rings is 2. The molecular weight excluding hydrogens is 392 g/mol. The number of nitrogens with zero attached hydrogens (tertiary/aromatic N) is 3. The number of oxazole rings is 1. The summed E-state index contributed by atoms with van der Waals surface area (Å²) in [7, 11) is 0. The number of para-hydroxylation sites is 1. The van der Waals surface area contributed by atoms with Crippen molar-refractivity contribution in [1.29, 1.82) is 0 Å². The zero-order chi connectivity index (χ0) is 20.5. The second-order valence-electron chi connectivity index (χ2n) is 6.72. The van der Waals surface area contributed by atoms with Crippen molar-refractivity contribution in [3.63, 3.8) is 0 Å². The highest BCUT2D eigenvalue weighted by atomic mass is 35.5. The molecule has 0 atom stereocenters. The summed E-state index contributed by atoms with van der Waals surface area (Å²) in [5.41, 5.74) is 4.16. The third-order valence-corrected chi connectivity index (χ3v) is 4.98. The molecule has 4 rings (SSSR count). The van der Waals surface area contributed by atoms with Crippen molar-refractivity contribution in [2.24, 2.45) is 0 Å². The molecule has 0 saturated carbocycles. The third kappa shape index (κ3) is 3.69. The first-order chi connectivity index (χ1) is 13.9. The van der Waals surface area contributed by atoms with Crippen molar-refractivity contribution in [3.8, 4) is 5.69 Å². The van der Waals surface area contributed by atoms with Crippen molar-refractivity contribution in [2.75, 3.05) is 5.32 Å². The van der Waals surface area contributed by atoms with Gasteiger partial charge in [-0.1, -0.05) is 29.8 Å². The molecule has 0 aliphatic carbocycles. The van der Waals surface area contributed by atoms with Crippen LogP contribution in [0.4, 0.5) is 5.69 Å². The monoisotopic (exact) mass is 410 g/mol. The highest BCUT2D eigenvalue weighted by Gasteiger charge is 2.16. The number of rotatable bonds is 5. The maximum Gasteiger partial charge on any atom is 0.419 e. The van der Waals surface area contributed by atoms with Crippen LogP contribution in [0.15, 0.2) is 57.7 Å². The van der Waals surface area contributed by atoms with Crippen LogP contribution in [-0.2, 0) is 11.3 Å². The van der Waals surface area contributed by atoms with Gasteiger partial charge in [-0.05, 0) is 38.1 Å². The molecule has 0 unspecified atom stereocenters. The van der Waals surface area contributed by atoms with Crippen molar-refractivity contribution >= 4 is 34.3 Å². The van der Waals surface area contributed by atoms with Gasteiger partial charge in [-0.25, -0.2) is 9.48 Å². The number of aryl methyl sites for hydroxylation is 2. The lowest BCUT2D eigenvalue weighted by Crippen LogP contribution is -2.20. The van der Waals surface area contributed by atoms with Gasteiger partial charge in [0, 0.05) is 24.1 Å². The Labute approximate surface area is 171 Å². The molecule has 8 heteroatoms. The molecule has 0 saturated heterocycles. The Balaban J connectivity index is 1.51. The van der Waals surface area contributed by atoms with E-state index in [1.165, 1.54) is 4.57 Å². The highest BCUT2D eigenvalue weighted by molar-refractivity contribution is 6.31. The number of halogens is 1. The topological polar surface area (TPSA) is 82.1 Å². The molecule has 2 aromatic carbocycles. The molecule has 0 fully saturated rings. The van der Waals surface area contributed by atoms with Crippen LogP contribution in [0.2, 0.25) is 5.02 Å². The molecule has 1 N–H and O–H groups in total. The van der Waals surface area contributed by atoms with E-state index < -0.39 is 5.76 Å². The lowest BCUT2D eigenvalue weighted by molar-refractivity contribution is -0.116. The zero-order valence-corrected chi connectivity index (χ0v) is 16.7. The molecule has 148 valence electrons. The van der Waals surface area contributed by atoms with Crippen LogP contribution in [0.1, 0.15) is 17.8 Å². The fourth-order valence-electron chi connectivity index (χ4n) is 3.31. The van der Waals surface area contributed by atoms with Crippen LogP contribution in [0.5, 0.6) is 0 Å². The number of carbonyl (C=O) groups is 1. The number of hydrogen-bond acceptors (Lipinski definition) is 4. The van der Waals surface area contributed by atoms with Crippen molar-refractivity contribution in [2.45, 2.75) is 26.8 Å². The summed E-state index contributed by atoms with van der Waals surface area (Å²) >= 11 is 5.93. The van der Waals surface area contributed by atoms with Gasteiger partial charge in [-0.15, -0.1) is 0 Å². The summed E-state index contributed by atoms with van der Waals surface area (Å²) in [6, 6.07) is 14.7. The van der Waals surface area contributed by atoms with E-state index in [2.05, 4.69) is 10.4 Å². The molecule has 0 bridgehead atoms. The van der Waals surface area contributed by atoms with Gasteiger partial charge in [0.2, 0.25) is 5.91 Å². The number of carbonyl (C=O) groups excluding carboxylic acids is 1. The van der Waals surface area contributed by atoms with Gasteiger partial charge in [0.15, 0.2) is 5.58 Å². The molecule has 2 heterocycles. The van der Waals surface area contributed by atoms with Gasteiger partial charge in [-0.3, -0.25) is 9.36 Å². The van der Waals surface area contributed by atoms with E-state index in [9.17, 15) is 9.59 Å². The number of anilines is 1. The van der Waals surface area contributed by atoms with E-state index in [-0.39, 0.29) is 18.9 Å². The Morgan fingerprint density at radius 3 is 2.69 bits per heavy atom. The fourth-order valence-corrected chi connectivity index (χ4v) is 3.47. The number of hydrogen-bond donors (Lipinski definition) is 1. The zero-order valence-electron chi connectivity index (χ0n) is 16.0. The quantitative estimate of drug-likeness (QED) is 0.537. The Morgan fingerprint density at radius 1 is 1.17 bits per heavy atom. The lowest BCUT2D eigenvalue weighted by Gasteiger charge is -2.07. The summed E-state index contributed by atoms with van der Waals surface area (Å²) < 4.78 is 8.42. The SMILES string of the molecule is Cc1nn(-c2ccccc2)c(C)c1NC(=O)CCn1c(=O)oc2cc(Cl)ccc21. The minimum absolute atomic E-state index is 0.118.